The highest BCUT2D eigenvalue weighted by molar-refractivity contribution is 5.76. The van der Waals surface area contributed by atoms with E-state index in [0.717, 1.165) is 10.5 Å². The molecule has 0 bridgehead atoms. The van der Waals surface area contributed by atoms with E-state index in [1.165, 1.54) is 13.8 Å². The summed E-state index contributed by atoms with van der Waals surface area (Å²) in [7, 11) is 0. The highest BCUT2D eigenvalue weighted by Crippen LogP contribution is 2.08. The van der Waals surface area contributed by atoms with Gasteiger partial charge in [0.1, 0.15) is 13.2 Å². The van der Waals surface area contributed by atoms with Crippen molar-refractivity contribution in [2.75, 3.05) is 13.1 Å². The first-order chi connectivity index (χ1) is 9.28. The molecule has 1 aromatic rings. The standard InChI is InChI=1S/C14H19NO5/c1-14(2,19)10-15(8-12(16)17)13(18)20-9-11-6-4-3-5-7-11/h3-7,19H,8-10H2,1-2H3,(H,16,17). The summed E-state index contributed by atoms with van der Waals surface area (Å²) in [6, 6.07) is 9.07. The fraction of sp³-hybridized carbons (Fsp3) is 0.429. The van der Waals surface area contributed by atoms with Crippen LogP contribution in [-0.2, 0) is 16.1 Å². The van der Waals surface area contributed by atoms with Crippen LogP contribution in [0.15, 0.2) is 30.3 Å². The van der Waals surface area contributed by atoms with Crippen molar-refractivity contribution in [1.82, 2.24) is 4.90 Å². The number of aliphatic carboxylic acids is 1. The summed E-state index contributed by atoms with van der Waals surface area (Å²) < 4.78 is 5.05. The number of hydrogen-bond donors (Lipinski definition) is 2. The second-order valence-electron chi connectivity index (χ2n) is 5.10. The van der Waals surface area contributed by atoms with Crippen molar-refractivity contribution in [2.24, 2.45) is 0 Å². The van der Waals surface area contributed by atoms with E-state index in [2.05, 4.69) is 0 Å². The Labute approximate surface area is 117 Å². The number of nitrogens with zero attached hydrogens (tertiary/aromatic N) is 1. The molecule has 0 radical (unpaired) electrons. The van der Waals surface area contributed by atoms with Gasteiger partial charge in [-0.2, -0.15) is 0 Å². The Kier molecular flexibility index (Phi) is 5.52. The van der Waals surface area contributed by atoms with E-state index in [0.29, 0.717) is 0 Å². The summed E-state index contributed by atoms with van der Waals surface area (Å²) in [5.41, 5.74) is -0.388. The molecule has 20 heavy (non-hydrogen) atoms. The Morgan fingerprint density at radius 1 is 1.25 bits per heavy atom. The topological polar surface area (TPSA) is 87.1 Å². The molecular formula is C14H19NO5. The SMILES string of the molecule is CC(C)(O)CN(CC(=O)O)C(=O)OCc1ccccc1. The second kappa shape index (κ2) is 6.91. The predicted molar refractivity (Wildman–Crippen MR) is 72.1 cm³/mol. The Hall–Kier alpha value is -2.08. The van der Waals surface area contributed by atoms with Crippen molar-refractivity contribution >= 4 is 12.1 Å². The molecule has 0 saturated carbocycles. The van der Waals surface area contributed by atoms with Gasteiger partial charge in [-0.25, -0.2) is 4.79 Å². The minimum atomic E-state index is -1.19. The summed E-state index contributed by atoms with van der Waals surface area (Å²) in [6.45, 7) is 2.41. The third kappa shape index (κ3) is 6.19. The molecule has 0 spiro atoms. The normalized spacial score (nSPS) is 10.9. The first-order valence-electron chi connectivity index (χ1n) is 6.18. The van der Waals surface area contributed by atoms with E-state index in [4.69, 9.17) is 9.84 Å². The fourth-order valence-electron chi connectivity index (χ4n) is 1.63. The molecule has 1 aromatic carbocycles. The number of rotatable bonds is 6. The van der Waals surface area contributed by atoms with Crippen molar-refractivity contribution in [1.29, 1.82) is 0 Å². The van der Waals surface area contributed by atoms with Crippen LogP contribution in [0.3, 0.4) is 0 Å². The van der Waals surface area contributed by atoms with Crippen molar-refractivity contribution in [3.05, 3.63) is 35.9 Å². The van der Waals surface area contributed by atoms with Crippen LogP contribution in [0.5, 0.6) is 0 Å². The zero-order chi connectivity index (χ0) is 15.2. The van der Waals surface area contributed by atoms with Gasteiger partial charge in [-0.3, -0.25) is 9.69 Å². The maximum absolute atomic E-state index is 11.9. The van der Waals surface area contributed by atoms with Gasteiger partial charge in [0.15, 0.2) is 0 Å². The number of ether oxygens (including phenoxy) is 1. The highest BCUT2D eigenvalue weighted by Gasteiger charge is 2.25. The molecule has 1 rings (SSSR count). The highest BCUT2D eigenvalue weighted by atomic mass is 16.6. The van der Waals surface area contributed by atoms with Crippen LogP contribution in [0.1, 0.15) is 19.4 Å². The van der Waals surface area contributed by atoms with E-state index in [1.54, 1.807) is 12.1 Å². The van der Waals surface area contributed by atoms with E-state index in [9.17, 15) is 14.7 Å². The summed E-state index contributed by atoms with van der Waals surface area (Å²) in [4.78, 5) is 23.6. The largest absolute Gasteiger partial charge is 0.480 e. The molecule has 2 N–H and O–H groups in total. The lowest BCUT2D eigenvalue weighted by molar-refractivity contribution is -0.138. The van der Waals surface area contributed by atoms with Crippen molar-refractivity contribution in [3.8, 4) is 0 Å². The molecule has 0 aliphatic rings. The minimum absolute atomic E-state index is 0.0572. The second-order valence-corrected chi connectivity index (χ2v) is 5.10. The monoisotopic (exact) mass is 281 g/mol. The molecule has 1 amide bonds. The summed E-state index contributed by atoms with van der Waals surface area (Å²) >= 11 is 0. The molecule has 0 aromatic heterocycles. The van der Waals surface area contributed by atoms with Crippen LogP contribution in [-0.4, -0.2) is 45.9 Å². The average Bonchev–Trinajstić information content (AvgIpc) is 2.34. The zero-order valence-electron chi connectivity index (χ0n) is 11.6. The summed E-state index contributed by atoms with van der Waals surface area (Å²) in [5.74, 6) is -1.16. The van der Waals surface area contributed by atoms with Crippen LogP contribution in [0.2, 0.25) is 0 Å². The molecule has 6 nitrogen and oxygen atoms in total. The van der Waals surface area contributed by atoms with Gasteiger partial charge in [-0.1, -0.05) is 30.3 Å². The number of carbonyl (C=O) groups excluding carboxylic acids is 1. The van der Waals surface area contributed by atoms with Crippen LogP contribution >= 0.6 is 0 Å². The van der Waals surface area contributed by atoms with Crippen LogP contribution in [0.4, 0.5) is 4.79 Å². The molecule has 0 aliphatic carbocycles. The lowest BCUT2D eigenvalue weighted by Gasteiger charge is -2.27. The molecule has 0 heterocycles. The van der Waals surface area contributed by atoms with Gasteiger partial charge in [0, 0.05) is 0 Å². The molecular weight excluding hydrogens is 262 g/mol. The van der Waals surface area contributed by atoms with Gasteiger partial charge in [0.25, 0.3) is 0 Å². The molecule has 6 heteroatoms. The predicted octanol–water partition coefficient (Wildman–Crippen LogP) is 1.48. The zero-order valence-corrected chi connectivity index (χ0v) is 11.6. The maximum Gasteiger partial charge on any atom is 0.410 e. The van der Waals surface area contributed by atoms with Gasteiger partial charge in [0.2, 0.25) is 0 Å². The summed E-state index contributed by atoms with van der Waals surface area (Å²) in [6.07, 6.45) is -0.765. The van der Waals surface area contributed by atoms with E-state index < -0.39 is 24.2 Å². The number of carboxylic acids is 1. The van der Waals surface area contributed by atoms with Gasteiger partial charge in [-0.15, -0.1) is 0 Å². The third-order valence-corrected chi connectivity index (χ3v) is 2.37. The summed E-state index contributed by atoms with van der Waals surface area (Å²) in [5, 5.41) is 18.5. The van der Waals surface area contributed by atoms with Crippen LogP contribution in [0, 0.1) is 0 Å². The molecule has 0 unspecified atom stereocenters. The number of hydrogen-bond acceptors (Lipinski definition) is 4. The number of carboxylic acid groups (broad SMARTS) is 1. The van der Waals surface area contributed by atoms with Crippen molar-refractivity contribution < 1.29 is 24.5 Å². The minimum Gasteiger partial charge on any atom is -0.480 e. The van der Waals surface area contributed by atoms with Crippen molar-refractivity contribution in [2.45, 2.75) is 26.1 Å². The lowest BCUT2D eigenvalue weighted by Crippen LogP contribution is -2.44. The first kappa shape index (κ1) is 16.0. The number of carbonyl (C=O) groups is 2. The molecule has 0 fully saturated rings. The number of amides is 1. The van der Waals surface area contributed by atoms with E-state index in [1.807, 2.05) is 18.2 Å². The maximum atomic E-state index is 11.9. The van der Waals surface area contributed by atoms with E-state index >= 15 is 0 Å². The average molecular weight is 281 g/mol. The number of benzene rings is 1. The smallest absolute Gasteiger partial charge is 0.410 e. The van der Waals surface area contributed by atoms with E-state index in [-0.39, 0.29) is 13.2 Å². The van der Waals surface area contributed by atoms with Crippen LogP contribution in [0.25, 0.3) is 0 Å². The van der Waals surface area contributed by atoms with Crippen LogP contribution < -0.4 is 0 Å². The molecule has 0 aliphatic heterocycles. The molecule has 110 valence electrons. The van der Waals surface area contributed by atoms with Gasteiger partial charge in [0.05, 0.1) is 12.1 Å². The first-order valence-corrected chi connectivity index (χ1v) is 6.18. The molecule has 0 atom stereocenters. The third-order valence-electron chi connectivity index (χ3n) is 2.37. The lowest BCUT2D eigenvalue weighted by atomic mass is 10.1. The Morgan fingerprint density at radius 2 is 1.85 bits per heavy atom. The Morgan fingerprint density at radius 3 is 2.35 bits per heavy atom. The van der Waals surface area contributed by atoms with Gasteiger partial charge >= 0.3 is 12.1 Å². The quantitative estimate of drug-likeness (QED) is 0.824. The number of aliphatic hydroxyl groups is 1. The van der Waals surface area contributed by atoms with Gasteiger partial charge < -0.3 is 14.9 Å². The molecule has 0 saturated heterocycles. The van der Waals surface area contributed by atoms with Crippen molar-refractivity contribution in [3.63, 3.8) is 0 Å². The fourth-order valence-corrected chi connectivity index (χ4v) is 1.63. The Bertz CT molecular complexity index is 452. The Balaban J connectivity index is 2.61. The van der Waals surface area contributed by atoms with Gasteiger partial charge in [-0.05, 0) is 19.4 Å².